The number of aryl methyl sites for hydroxylation is 1. The lowest BCUT2D eigenvalue weighted by Crippen LogP contribution is -2.45. The second kappa shape index (κ2) is 12.7. The van der Waals surface area contributed by atoms with Gasteiger partial charge in [-0.15, -0.1) is 0 Å². The Bertz CT molecular complexity index is 1200. The number of carbonyl (C=O) groups is 2. The molecule has 6 heteroatoms. The maximum absolute atomic E-state index is 12.8. The molecular formula is C32H40N4O2. The second-order valence-electron chi connectivity index (χ2n) is 10.1. The Labute approximate surface area is 227 Å². The molecule has 1 saturated heterocycles. The van der Waals surface area contributed by atoms with Gasteiger partial charge in [0.05, 0.1) is 6.04 Å². The molecule has 1 atom stereocenters. The van der Waals surface area contributed by atoms with Gasteiger partial charge in [0.15, 0.2) is 0 Å². The van der Waals surface area contributed by atoms with Gasteiger partial charge >= 0.3 is 0 Å². The molecule has 6 nitrogen and oxygen atoms in total. The predicted molar refractivity (Wildman–Crippen MR) is 157 cm³/mol. The molecule has 3 aromatic rings. The molecule has 38 heavy (non-hydrogen) atoms. The highest BCUT2D eigenvalue weighted by molar-refractivity contribution is 6.04. The number of nitrogens with one attached hydrogen (secondary N) is 1. The summed E-state index contributed by atoms with van der Waals surface area (Å²) in [5.74, 6) is 0.0220. The van der Waals surface area contributed by atoms with E-state index in [4.69, 9.17) is 0 Å². The predicted octanol–water partition coefficient (Wildman–Crippen LogP) is 5.68. The number of nitrogens with zero attached hydrogens (tertiary/aromatic N) is 3. The van der Waals surface area contributed by atoms with Crippen molar-refractivity contribution in [1.29, 1.82) is 0 Å². The standard InChI is InChI=1S/C32H40N4O2/c1-5-34(6-2)21-22-36(25(4)37)31-19-20-35(23-31)30-17-15-29(16-18-30)33-32(38)28-13-11-27(12-14-28)26-9-7-24(3)8-10-26/h7-18,31H,5-6,19-23H2,1-4H3,(H,33,38). The van der Waals surface area contributed by atoms with E-state index in [1.807, 2.05) is 53.4 Å². The summed E-state index contributed by atoms with van der Waals surface area (Å²) in [6.45, 7) is 13.5. The summed E-state index contributed by atoms with van der Waals surface area (Å²) in [4.78, 5) is 31.9. The van der Waals surface area contributed by atoms with Crippen molar-refractivity contribution in [2.24, 2.45) is 0 Å². The fourth-order valence-electron chi connectivity index (χ4n) is 5.14. The molecule has 0 aromatic heterocycles. The van der Waals surface area contributed by atoms with E-state index in [1.54, 1.807) is 6.92 Å². The minimum atomic E-state index is -0.125. The fraction of sp³-hybridized carbons (Fsp3) is 0.375. The highest BCUT2D eigenvalue weighted by atomic mass is 16.2. The summed E-state index contributed by atoms with van der Waals surface area (Å²) in [7, 11) is 0. The minimum absolute atomic E-state index is 0.125. The molecule has 1 N–H and O–H groups in total. The van der Waals surface area contributed by atoms with E-state index in [9.17, 15) is 9.59 Å². The molecule has 1 heterocycles. The molecule has 1 unspecified atom stereocenters. The first-order chi connectivity index (χ1) is 18.4. The number of likely N-dealkylation sites (N-methyl/N-ethyl adjacent to an activating group) is 1. The number of hydrogen-bond donors (Lipinski definition) is 1. The van der Waals surface area contributed by atoms with Crippen molar-refractivity contribution in [3.8, 4) is 11.1 Å². The van der Waals surface area contributed by atoms with Crippen molar-refractivity contribution in [3.63, 3.8) is 0 Å². The van der Waals surface area contributed by atoms with Crippen molar-refractivity contribution < 1.29 is 9.59 Å². The Hall–Kier alpha value is -3.64. The SMILES string of the molecule is CCN(CC)CCN(C(C)=O)C1CCN(c2ccc(NC(=O)c3ccc(-c4ccc(C)cc4)cc3)cc2)C1. The average molecular weight is 513 g/mol. The second-order valence-corrected chi connectivity index (χ2v) is 10.1. The van der Waals surface area contributed by atoms with Crippen LogP contribution in [0.4, 0.5) is 11.4 Å². The quantitative estimate of drug-likeness (QED) is 0.380. The maximum atomic E-state index is 12.8. The van der Waals surface area contributed by atoms with Gasteiger partial charge in [0, 0.05) is 50.0 Å². The van der Waals surface area contributed by atoms with Crippen molar-refractivity contribution in [1.82, 2.24) is 9.80 Å². The summed E-state index contributed by atoms with van der Waals surface area (Å²) < 4.78 is 0. The van der Waals surface area contributed by atoms with E-state index in [1.165, 1.54) is 5.56 Å². The normalized spacial score (nSPS) is 15.1. The lowest BCUT2D eigenvalue weighted by molar-refractivity contribution is -0.131. The maximum Gasteiger partial charge on any atom is 0.255 e. The van der Waals surface area contributed by atoms with Gasteiger partial charge < -0.3 is 20.0 Å². The van der Waals surface area contributed by atoms with Gasteiger partial charge in [-0.1, -0.05) is 55.8 Å². The van der Waals surface area contributed by atoms with Gasteiger partial charge in [0.2, 0.25) is 5.91 Å². The molecule has 4 rings (SSSR count). The molecular weight excluding hydrogens is 472 g/mol. The Morgan fingerprint density at radius 1 is 0.868 bits per heavy atom. The van der Waals surface area contributed by atoms with Crippen LogP contribution >= 0.6 is 0 Å². The van der Waals surface area contributed by atoms with Crippen molar-refractivity contribution in [2.45, 2.75) is 40.2 Å². The van der Waals surface area contributed by atoms with E-state index in [0.29, 0.717) is 5.56 Å². The Kier molecular flexibility index (Phi) is 9.19. The van der Waals surface area contributed by atoms with Crippen LogP contribution in [0.1, 0.15) is 43.1 Å². The number of benzene rings is 3. The molecule has 2 amide bonds. The Morgan fingerprint density at radius 2 is 1.47 bits per heavy atom. The van der Waals surface area contributed by atoms with Crippen molar-refractivity contribution in [2.75, 3.05) is 49.5 Å². The molecule has 200 valence electrons. The van der Waals surface area contributed by atoms with Gasteiger partial charge in [0.1, 0.15) is 0 Å². The topological polar surface area (TPSA) is 55.9 Å². The van der Waals surface area contributed by atoms with Crippen LogP contribution in [0.5, 0.6) is 0 Å². The van der Waals surface area contributed by atoms with E-state index in [0.717, 1.165) is 68.2 Å². The molecule has 0 saturated carbocycles. The zero-order valence-corrected chi connectivity index (χ0v) is 23.1. The van der Waals surface area contributed by atoms with Crippen LogP contribution in [0.15, 0.2) is 72.8 Å². The molecule has 0 radical (unpaired) electrons. The highest BCUT2D eigenvalue weighted by Crippen LogP contribution is 2.25. The van der Waals surface area contributed by atoms with Crippen LogP contribution in [0.25, 0.3) is 11.1 Å². The number of carbonyl (C=O) groups excluding carboxylic acids is 2. The first-order valence-electron chi connectivity index (χ1n) is 13.7. The van der Waals surface area contributed by atoms with Crippen LogP contribution < -0.4 is 10.2 Å². The number of hydrogen-bond acceptors (Lipinski definition) is 4. The Morgan fingerprint density at radius 3 is 2.05 bits per heavy atom. The fourth-order valence-corrected chi connectivity index (χ4v) is 5.14. The van der Waals surface area contributed by atoms with Crippen molar-refractivity contribution in [3.05, 3.63) is 83.9 Å². The van der Waals surface area contributed by atoms with Crippen molar-refractivity contribution >= 4 is 23.2 Å². The van der Waals surface area contributed by atoms with Gasteiger partial charge in [0.25, 0.3) is 5.91 Å². The molecule has 0 bridgehead atoms. The molecule has 1 aliphatic rings. The van der Waals surface area contributed by atoms with E-state index >= 15 is 0 Å². The Balaban J connectivity index is 1.33. The summed E-state index contributed by atoms with van der Waals surface area (Å²) >= 11 is 0. The van der Waals surface area contributed by atoms with Crippen LogP contribution in [0, 0.1) is 6.92 Å². The molecule has 0 aliphatic carbocycles. The molecule has 3 aromatic carbocycles. The summed E-state index contributed by atoms with van der Waals surface area (Å²) in [5, 5.41) is 3.01. The van der Waals surface area contributed by atoms with E-state index < -0.39 is 0 Å². The van der Waals surface area contributed by atoms with Gasteiger partial charge in [-0.2, -0.15) is 0 Å². The smallest absolute Gasteiger partial charge is 0.255 e. The van der Waals surface area contributed by atoms with Gasteiger partial charge in [-0.25, -0.2) is 0 Å². The lowest BCUT2D eigenvalue weighted by atomic mass is 10.0. The third-order valence-corrected chi connectivity index (χ3v) is 7.58. The van der Waals surface area contributed by atoms with Gasteiger partial charge in [-0.3, -0.25) is 9.59 Å². The minimum Gasteiger partial charge on any atom is -0.369 e. The first kappa shape index (κ1) is 27.4. The van der Waals surface area contributed by atoms with Crippen LogP contribution in [0.2, 0.25) is 0 Å². The van der Waals surface area contributed by atoms with Gasteiger partial charge in [-0.05, 0) is 74.0 Å². The van der Waals surface area contributed by atoms with Crippen LogP contribution in [0.3, 0.4) is 0 Å². The molecule has 0 spiro atoms. The average Bonchev–Trinajstić information content (AvgIpc) is 3.41. The van der Waals surface area contributed by atoms with E-state index in [2.05, 4.69) is 60.2 Å². The number of rotatable bonds is 10. The van der Waals surface area contributed by atoms with E-state index in [-0.39, 0.29) is 17.9 Å². The summed E-state index contributed by atoms with van der Waals surface area (Å²) in [6.07, 6.45) is 0.967. The first-order valence-corrected chi connectivity index (χ1v) is 13.7. The zero-order valence-electron chi connectivity index (χ0n) is 23.1. The zero-order chi connectivity index (χ0) is 27.1. The molecule has 1 aliphatic heterocycles. The third-order valence-electron chi connectivity index (χ3n) is 7.58. The largest absolute Gasteiger partial charge is 0.369 e. The van der Waals surface area contributed by atoms with Crippen LogP contribution in [-0.2, 0) is 4.79 Å². The highest BCUT2D eigenvalue weighted by Gasteiger charge is 2.29. The summed E-state index contributed by atoms with van der Waals surface area (Å²) in [5.41, 5.74) is 5.95. The number of amides is 2. The third kappa shape index (κ3) is 6.81. The molecule has 1 fully saturated rings. The lowest BCUT2D eigenvalue weighted by Gasteiger charge is -2.30. The number of anilines is 2. The van der Waals surface area contributed by atoms with Crippen LogP contribution in [-0.4, -0.2) is 66.9 Å². The monoisotopic (exact) mass is 512 g/mol. The summed E-state index contributed by atoms with van der Waals surface area (Å²) in [6, 6.07) is 24.3.